The molecule has 0 atom stereocenters. The summed E-state index contributed by atoms with van der Waals surface area (Å²) < 4.78 is 0. The minimum atomic E-state index is 0.478. The SMILES string of the molecule is NCc1ncccc1CSc1cccc(Cl)c1. The number of nitrogens with two attached hydrogens (primary N) is 1. The van der Waals surface area contributed by atoms with E-state index >= 15 is 0 Å². The molecule has 0 aliphatic rings. The molecule has 0 saturated heterocycles. The number of hydrogen-bond donors (Lipinski definition) is 1. The molecule has 0 bridgehead atoms. The number of hydrogen-bond acceptors (Lipinski definition) is 3. The van der Waals surface area contributed by atoms with Crippen molar-refractivity contribution in [3.63, 3.8) is 0 Å². The fourth-order valence-corrected chi connectivity index (χ4v) is 2.73. The van der Waals surface area contributed by atoms with Gasteiger partial charge in [0.15, 0.2) is 0 Å². The van der Waals surface area contributed by atoms with Crippen molar-refractivity contribution in [2.24, 2.45) is 5.73 Å². The highest BCUT2D eigenvalue weighted by molar-refractivity contribution is 7.98. The highest BCUT2D eigenvalue weighted by Gasteiger charge is 2.02. The van der Waals surface area contributed by atoms with Crippen molar-refractivity contribution in [3.8, 4) is 0 Å². The molecule has 4 heteroatoms. The van der Waals surface area contributed by atoms with Crippen LogP contribution in [0.1, 0.15) is 11.3 Å². The van der Waals surface area contributed by atoms with Gasteiger partial charge in [-0.05, 0) is 29.8 Å². The van der Waals surface area contributed by atoms with Gasteiger partial charge in [0.05, 0.1) is 5.69 Å². The standard InChI is InChI=1S/C13H13ClN2S/c14-11-4-1-5-12(7-11)17-9-10-3-2-6-16-13(10)8-15/h1-7H,8-9,15H2. The van der Waals surface area contributed by atoms with Gasteiger partial charge in [0.1, 0.15) is 0 Å². The summed E-state index contributed by atoms with van der Waals surface area (Å²) in [5.41, 5.74) is 7.79. The Labute approximate surface area is 110 Å². The maximum absolute atomic E-state index is 5.94. The second-order valence-electron chi connectivity index (χ2n) is 3.56. The first-order chi connectivity index (χ1) is 8.29. The minimum Gasteiger partial charge on any atom is -0.325 e. The van der Waals surface area contributed by atoms with Crippen molar-refractivity contribution in [2.75, 3.05) is 0 Å². The van der Waals surface area contributed by atoms with Crippen LogP contribution in [0.3, 0.4) is 0 Å². The molecule has 1 aromatic carbocycles. The van der Waals surface area contributed by atoms with E-state index in [2.05, 4.69) is 17.1 Å². The average Bonchev–Trinajstić information content (AvgIpc) is 2.37. The zero-order chi connectivity index (χ0) is 12.1. The van der Waals surface area contributed by atoms with Crippen LogP contribution >= 0.6 is 23.4 Å². The number of aromatic nitrogens is 1. The first-order valence-electron chi connectivity index (χ1n) is 5.31. The molecule has 1 aromatic heterocycles. The summed E-state index contributed by atoms with van der Waals surface area (Å²) in [6, 6.07) is 11.8. The number of halogens is 1. The zero-order valence-corrected chi connectivity index (χ0v) is 10.8. The lowest BCUT2D eigenvalue weighted by atomic mass is 10.2. The lowest BCUT2D eigenvalue weighted by Gasteiger charge is -2.06. The van der Waals surface area contributed by atoms with E-state index < -0.39 is 0 Å². The highest BCUT2D eigenvalue weighted by atomic mass is 35.5. The molecule has 0 aliphatic carbocycles. The molecule has 0 fully saturated rings. The molecular formula is C13H13ClN2S. The van der Waals surface area contributed by atoms with Gasteiger partial charge in [-0.3, -0.25) is 4.98 Å². The van der Waals surface area contributed by atoms with Crippen molar-refractivity contribution in [2.45, 2.75) is 17.2 Å². The molecule has 0 aliphatic heterocycles. The highest BCUT2D eigenvalue weighted by Crippen LogP contribution is 2.25. The van der Waals surface area contributed by atoms with Gasteiger partial charge in [0.2, 0.25) is 0 Å². The monoisotopic (exact) mass is 264 g/mol. The Bertz CT molecular complexity index is 502. The Kier molecular flexibility index (Phi) is 4.42. The molecule has 88 valence electrons. The fraction of sp³-hybridized carbons (Fsp3) is 0.154. The summed E-state index contributed by atoms with van der Waals surface area (Å²) in [6.45, 7) is 0.478. The quantitative estimate of drug-likeness (QED) is 0.860. The molecule has 1 heterocycles. The van der Waals surface area contributed by atoms with Gasteiger partial charge in [-0.2, -0.15) is 0 Å². The molecule has 0 unspecified atom stereocenters. The molecule has 2 aromatic rings. The fourth-order valence-electron chi connectivity index (χ4n) is 1.50. The van der Waals surface area contributed by atoms with E-state index in [1.807, 2.05) is 24.3 Å². The number of nitrogens with zero attached hydrogens (tertiary/aromatic N) is 1. The van der Waals surface area contributed by atoms with Gasteiger partial charge in [-0.25, -0.2) is 0 Å². The number of pyridine rings is 1. The summed E-state index contributed by atoms with van der Waals surface area (Å²) in [4.78, 5) is 5.42. The van der Waals surface area contributed by atoms with Crippen LogP contribution in [-0.4, -0.2) is 4.98 Å². The van der Waals surface area contributed by atoms with Crippen molar-refractivity contribution >= 4 is 23.4 Å². The van der Waals surface area contributed by atoms with Crippen LogP contribution in [0, 0.1) is 0 Å². The average molecular weight is 265 g/mol. The predicted molar refractivity (Wildman–Crippen MR) is 73.1 cm³/mol. The summed E-state index contributed by atoms with van der Waals surface area (Å²) in [5.74, 6) is 0.862. The molecule has 0 radical (unpaired) electrons. The Balaban J connectivity index is 2.07. The van der Waals surface area contributed by atoms with E-state index in [0.29, 0.717) is 6.54 Å². The van der Waals surface area contributed by atoms with Crippen LogP contribution in [-0.2, 0) is 12.3 Å². The van der Waals surface area contributed by atoms with Gasteiger partial charge < -0.3 is 5.73 Å². The van der Waals surface area contributed by atoms with Crippen LogP contribution in [0.4, 0.5) is 0 Å². The maximum atomic E-state index is 5.94. The van der Waals surface area contributed by atoms with Crippen LogP contribution in [0.5, 0.6) is 0 Å². The Hall–Kier alpha value is -1.03. The van der Waals surface area contributed by atoms with Crippen LogP contribution in [0.15, 0.2) is 47.5 Å². The minimum absolute atomic E-state index is 0.478. The zero-order valence-electron chi connectivity index (χ0n) is 9.27. The van der Waals surface area contributed by atoms with E-state index in [0.717, 1.165) is 21.4 Å². The molecule has 17 heavy (non-hydrogen) atoms. The van der Waals surface area contributed by atoms with Crippen molar-refractivity contribution < 1.29 is 0 Å². The lowest BCUT2D eigenvalue weighted by Crippen LogP contribution is -2.03. The largest absolute Gasteiger partial charge is 0.325 e. The summed E-state index contributed by atoms with van der Waals surface area (Å²) in [7, 11) is 0. The van der Waals surface area contributed by atoms with E-state index in [1.54, 1.807) is 18.0 Å². The molecule has 2 rings (SSSR count). The molecule has 0 amide bonds. The Morgan fingerprint density at radius 3 is 2.88 bits per heavy atom. The second-order valence-corrected chi connectivity index (χ2v) is 5.04. The van der Waals surface area contributed by atoms with Gasteiger partial charge in [-0.1, -0.05) is 23.7 Å². The Morgan fingerprint density at radius 1 is 1.24 bits per heavy atom. The predicted octanol–water partition coefficient (Wildman–Crippen LogP) is 3.49. The third-order valence-corrected chi connectivity index (χ3v) is 3.65. The number of benzene rings is 1. The van der Waals surface area contributed by atoms with E-state index in [4.69, 9.17) is 17.3 Å². The first kappa shape index (κ1) is 12.4. The van der Waals surface area contributed by atoms with Crippen LogP contribution in [0.25, 0.3) is 0 Å². The third-order valence-electron chi connectivity index (χ3n) is 2.37. The molecular weight excluding hydrogens is 252 g/mol. The maximum Gasteiger partial charge on any atom is 0.0579 e. The lowest BCUT2D eigenvalue weighted by molar-refractivity contribution is 0.964. The molecule has 2 N–H and O–H groups in total. The van der Waals surface area contributed by atoms with E-state index in [9.17, 15) is 0 Å². The van der Waals surface area contributed by atoms with Gasteiger partial charge in [0.25, 0.3) is 0 Å². The van der Waals surface area contributed by atoms with Gasteiger partial charge in [0, 0.05) is 28.4 Å². The number of thioether (sulfide) groups is 1. The Morgan fingerprint density at radius 2 is 2.12 bits per heavy atom. The smallest absolute Gasteiger partial charge is 0.0579 e. The summed E-state index contributed by atoms with van der Waals surface area (Å²) in [5, 5.41) is 0.764. The summed E-state index contributed by atoms with van der Waals surface area (Å²) >= 11 is 7.68. The molecule has 0 spiro atoms. The van der Waals surface area contributed by atoms with Gasteiger partial charge in [-0.15, -0.1) is 11.8 Å². The normalized spacial score (nSPS) is 10.5. The van der Waals surface area contributed by atoms with Crippen LogP contribution in [0.2, 0.25) is 5.02 Å². The van der Waals surface area contributed by atoms with Gasteiger partial charge >= 0.3 is 0 Å². The van der Waals surface area contributed by atoms with E-state index in [-0.39, 0.29) is 0 Å². The first-order valence-corrected chi connectivity index (χ1v) is 6.67. The van der Waals surface area contributed by atoms with Crippen molar-refractivity contribution in [3.05, 3.63) is 58.9 Å². The third kappa shape index (κ3) is 3.46. The van der Waals surface area contributed by atoms with E-state index in [1.165, 1.54) is 5.56 Å². The molecule has 2 nitrogen and oxygen atoms in total. The topological polar surface area (TPSA) is 38.9 Å². The summed E-state index contributed by atoms with van der Waals surface area (Å²) in [6.07, 6.45) is 1.77. The molecule has 0 saturated carbocycles. The van der Waals surface area contributed by atoms with Crippen molar-refractivity contribution in [1.82, 2.24) is 4.98 Å². The second kappa shape index (κ2) is 6.05. The number of rotatable bonds is 4. The van der Waals surface area contributed by atoms with Crippen molar-refractivity contribution in [1.29, 1.82) is 0 Å². The van der Waals surface area contributed by atoms with Crippen LogP contribution < -0.4 is 5.73 Å².